The van der Waals surface area contributed by atoms with Crippen molar-refractivity contribution in [3.8, 4) is 17.0 Å². The number of sulfone groups is 1. The summed E-state index contributed by atoms with van der Waals surface area (Å²) in [5, 5.41) is 10.8. The summed E-state index contributed by atoms with van der Waals surface area (Å²) in [7, 11) is -2.75. The summed E-state index contributed by atoms with van der Waals surface area (Å²) in [5.74, 6) is -2.88. The van der Waals surface area contributed by atoms with Crippen molar-refractivity contribution in [2.45, 2.75) is 37.8 Å². The fraction of sp³-hybridized carbons (Fsp3) is 0.333. The number of carbonyl (C=O) groups is 1. The number of hydrogen-bond acceptors (Lipinski definition) is 6. The van der Waals surface area contributed by atoms with E-state index in [1.807, 2.05) is 19.1 Å². The van der Waals surface area contributed by atoms with Gasteiger partial charge >= 0.3 is 11.7 Å². The normalized spacial score (nSPS) is 12.4. The van der Waals surface area contributed by atoms with Crippen molar-refractivity contribution < 1.29 is 23.1 Å². The smallest absolute Gasteiger partial charge is 0.331 e. The van der Waals surface area contributed by atoms with Crippen molar-refractivity contribution in [3.05, 3.63) is 70.2 Å². The Labute approximate surface area is 203 Å². The zero-order valence-corrected chi connectivity index (χ0v) is 20.6. The highest BCUT2D eigenvalue weighted by Gasteiger charge is 2.30. The first-order valence-electron chi connectivity index (χ1n) is 10.8. The van der Waals surface area contributed by atoms with Gasteiger partial charge in [0.2, 0.25) is 5.88 Å². The molecule has 34 heavy (non-hydrogen) atoms. The number of hydrogen-bond donors (Lipinski definition) is 1. The van der Waals surface area contributed by atoms with Crippen LogP contribution in [-0.4, -0.2) is 41.5 Å². The van der Waals surface area contributed by atoms with Crippen LogP contribution < -0.4 is 5.69 Å². The maximum absolute atomic E-state index is 13.1. The fourth-order valence-electron chi connectivity index (χ4n) is 3.62. The second-order valence-corrected chi connectivity index (χ2v) is 10.4. The zero-order valence-electron chi connectivity index (χ0n) is 19.0. The Kier molecular flexibility index (Phi) is 8.22. The summed E-state index contributed by atoms with van der Waals surface area (Å²) in [6.45, 7) is 2.07. The predicted octanol–water partition coefficient (Wildman–Crippen LogP) is 3.74. The van der Waals surface area contributed by atoms with Crippen LogP contribution in [-0.2, 0) is 32.5 Å². The molecule has 3 aromatic rings. The van der Waals surface area contributed by atoms with Gasteiger partial charge in [0, 0.05) is 18.1 Å². The second kappa shape index (κ2) is 10.9. The van der Waals surface area contributed by atoms with Gasteiger partial charge in [0.25, 0.3) is 0 Å². The maximum Gasteiger partial charge on any atom is 0.331 e. The van der Waals surface area contributed by atoms with Crippen molar-refractivity contribution in [2.75, 3.05) is 12.9 Å². The molecule has 1 N–H and O–H groups in total. The Morgan fingerprint density at radius 2 is 1.68 bits per heavy atom. The van der Waals surface area contributed by atoms with Crippen LogP contribution >= 0.6 is 11.6 Å². The Balaban J connectivity index is 1.83. The minimum absolute atomic E-state index is 0.0381. The van der Waals surface area contributed by atoms with Crippen LogP contribution in [0.15, 0.2) is 64.4 Å². The van der Waals surface area contributed by atoms with Gasteiger partial charge in [-0.1, -0.05) is 49.2 Å². The van der Waals surface area contributed by atoms with Gasteiger partial charge in [0.05, 0.1) is 29.9 Å². The number of nitrogens with zero attached hydrogens (tertiary/aromatic N) is 2. The van der Waals surface area contributed by atoms with Gasteiger partial charge in [-0.2, -0.15) is 0 Å². The molecule has 0 aliphatic carbocycles. The largest absolute Gasteiger partial charge is 0.493 e. The van der Waals surface area contributed by atoms with E-state index < -0.39 is 33.2 Å². The van der Waals surface area contributed by atoms with Gasteiger partial charge in [-0.05, 0) is 41.8 Å². The minimum atomic E-state index is -3.90. The van der Waals surface area contributed by atoms with Crippen LogP contribution in [0.4, 0.5) is 0 Å². The van der Waals surface area contributed by atoms with E-state index in [0.717, 1.165) is 35.6 Å². The number of imidazole rings is 1. The number of aryl methyl sites for hydroxylation is 1. The van der Waals surface area contributed by atoms with Crippen LogP contribution in [0.2, 0.25) is 5.02 Å². The molecule has 1 heterocycles. The minimum Gasteiger partial charge on any atom is -0.493 e. The molecular formula is C24H27ClN2O6S. The summed E-state index contributed by atoms with van der Waals surface area (Å²) in [5.41, 5.74) is 1.18. The van der Waals surface area contributed by atoms with Gasteiger partial charge in [-0.3, -0.25) is 13.9 Å². The number of ether oxygens (including phenoxy) is 1. The molecular weight excluding hydrogens is 480 g/mol. The summed E-state index contributed by atoms with van der Waals surface area (Å²) in [6.07, 6.45) is 2.89. The van der Waals surface area contributed by atoms with Crippen molar-refractivity contribution in [1.29, 1.82) is 0 Å². The number of carbonyl (C=O) groups excluding carboxylic acids is 1. The van der Waals surface area contributed by atoms with Crippen molar-refractivity contribution in [1.82, 2.24) is 9.13 Å². The number of halogens is 1. The van der Waals surface area contributed by atoms with E-state index in [0.29, 0.717) is 11.6 Å². The number of aromatic hydroxyl groups is 1. The highest BCUT2D eigenvalue weighted by Crippen LogP contribution is 2.25. The number of aromatic nitrogens is 2. The molecule has 0 radical (unpaired) electrons. The lowest BCUT2D eigenvalue weighted by atomic mass is 10.1. The van der Waals surface area contributed by atoms with E-state index >= 15 is 0 Å². The Bertz CT molecular complexity index is 1290. The number of esters is 1. The van der Waals surface area contributed by atoms with Crippen molar-refractivity contribution in [2.24, 2.45) is 5.92 Å². The molecule has 0 saturated heterocycles. The van der Waals surface area contributed by atoms with Crippen LogP contribution in [0.1, 0.15) is 19.8 Å². The summed E-state index contributed by atoms with van der Waals surface area (Å²) >= 11 is 5.92. The van der Waals surface area contributed by atoms with Crippen LogP contribution in [0, 0.1) is 5.92 Å². The van der Waals surface area contributed by atoms with E-state index in [1.54, 1.807) is 24.3 Å². The lowest BCUT2D eigenvalue weighted by molar-refractivity contribution is -0.145. The summed E-state index contributed by atoms with van der Waals surface area (Å²) in [6, 6.07) is 13.4. The van der Waals surface area contributed by atoms with E-state index in [2.05, 4.69) is 0 Å². The number of methoxy groups -OCH3 is 1. The molecule has 10 heteroatoms. The SMILES string of the molecule is CCCCn1cc(O)n(CC(CS(=O)(=O)c2ccc(-c3ccc(Cl)cc3)cc2)C(=O)OC)c1=O. The molecule has 0 fully saturated rings. The average Bonchev–Trinajstić information content (AvgIpc) is 3.09. The second-order valence-electron chi connectivity index (χ2n) is 7.96. The molecule has 2 aromatic carbocycles. The molecule has 0 spiro atoms. The third-order valence-corrected chi connectivity index (χ3v) is 7.61. The molecule has 0 amide bonds. The van der Waals surface area contributed by atoms with Crippen molar-refractivity contribution in [3.63, 3.8) is 0 Å². The molecule has 182 valence electrons. The molecule has 1 atom stereocenters. The lowest BCUT2D eigenvalue weighted by Gasteiger charge is -2.16. The average molecular weight is 507 g/mol. The maximum atomic E-state index is 13.1. The number of rotatable bonds is 10. The fourth-order valence-corrected chi connectivity index (χ4v) is 5.26. The number of benzene rings is 2. The molecule has 0 aliphatic heterocycles. The monoisotopic (exact) mass is 506 g/mol. The van der Waals surface area contributed by atoms with Crippen molar-refractivity contribution >= 4 is 27.4 Å². The summed E-state index contributed by atoms with van der Waals surface area (Å²) < 4.78 is 33.3. The molecule has 8 nitrogen and oxygen atoms in total. The molecule has 3 rings (SSSR count). The third kappa shape index (κ3) is 5.90. The molecule has 0 bridgehead atoms. The van der Waals surface area contributed by atoms with Gasteiger partial charge in [-0.25, -0.2) is 13.2 Å². The van der Waals surface area contributed by atoms with Crippen LogP contribution in [0.3, 0.4) is 0 Å². The third-order valence-electron chi connectivity index (χ3n) is 5.53. The molecule has 0 aliphatic rings. The summed E-state index contributed by atoms with van der Waals surface area (Å²) in [4.78, 5) is 25.1. The van der Waals surface area contributed by atoms with Crippen LogP contribution in [0.5, 0.6) is 5.88 Å². The Morgan fingerprint density at radius 3 is 2.24 bits per heavy atom. The van der Waals surface area contributed by atoms with E-state index in [1.165, 1.54) is 22.9 Å². The first kappa shape index (κ1) is 25.6. The quantitative estimate of drug-likeness (QED) is 0.420. The standard InChI is InChI=1S/C24H27ClN2O6S/c1-3-4-13-26-15-22(28)27(24(26)30)14-19(23(29)33-2)16-34(31,32)21-11-7-18(8-12-21)17-5-9-20(25)10-6-17/h5-12,15,19,28H,3-4,13-14,16H2,1-2H3. The molecule has 0 saturated carbocycles. The first-order chi connectivity index (χ1) is 16.2. The molecule has 1 unspecified atom stereocenters. The lowest BCUT2D eigenvalue weighted by Crippen LogP contribution is -2.33. The van der Waals surface area contributed by atoms with Crippen LogP contribution in [0.25, 0.3) is 11.1 Å². The highest BCUT2D eigenvalue weighted by atomic mass is 35.5. The topological polar surface area (TPSA) is 108 Å². The predicted molar refractivity (Wildman–Crippen MR) is 130 cm³/mol. The van der Waals surface area contributed by atoms with E-state index in [-0.39, 0.29) is 17.3 Å². The van der Waals surface area contributed by atoms with Gasteiger partial charge in [0.1, 0.15) is 0 Å². The van der Waals surface area contributed by atoms with Gasteiger partial charge in [0.15, 0.2) is 9.84 Å². The van der Waals surface area contributed by atoms with E-state index in [9.17, 15) is 23.1 Å². The Hall–Kier alpha value is -3.04. The first-order valence-corrected chi connectivity index (χ1v) is 12.8. The number of unbranched alkanes of at least 4 members (excludes halogenated alkanes) is 1. The van der Waals surface area contributed by atoms with Gasteiger partial charge in [-0.15, -0.1) is 0 Å². The highest BCUT2D eigenvalue weighted by molar-refractivity contribution is 7.91. The molecule has 1 aromatic heterocycles. The zero-order chi connectivity index (χ0) is 24.9. The van der Waals surface area contributed by atoms with E-state index in [4.69, 9.17) is 16.3 Å². The Morgan fingerprint density at radius 1 is 1.09 bits per heavy atom. The van der Waals surface area contributed by atoms with Gasteiger partial charge < -0.3 is 9.84 Å².